The smallest absolute Gasteiger partial charge is 0.0523 e. The topological polar surface area (TPSA) is 130 Å². The lowest BCUT2D eigenvalue weighted by Gasteiger charge is -2.10. The Labute approximate surface area is 73.5 Å². The molecule has 0 radical (unpaired) electrons. The first-order chi connectivity index (χ1) is 6.35. The highest BCUT2D eigenvalue weighted by molar-refractivity contribution is 4.57. The normalized spacial score (nSPS) is 8.00. The summed E-state index contributed by atoms with van der Waals surface area (Å²) in [5.41, 5.74) is 15.9. The molecule has 0 aromatic carbocycles. The van der Waals surface area contributed by atoms with E-state index >= 15 is 0 Å². The zero-order valence-corrected chi connectivity index (χ0v) is 6.81. The first-order valence-electron chi connectivity index (χ1n) is 3.45. The largest absolute Gasteiger partial charge is 0.261 e. The van der Waals surface area contributed by atoms with Crippen LogP contribution in [0.4, 0.5) is 0 Å². The van der Waals surface area contributed by atoms with E-state index in [4.69, 9.17) is 11.1 Å². The predicted octanol–water partition coefficient (Wildman–Crippen LogP) is 1.59. The van der Waals surface area contributed by atoms with E-state index in [9.17, 15) is 4.91 Å². The van der Waals surface area contributed by atoms with E-state index in [2.05, 4.69) is 25.3 Å². The number of azide groups is 2. The van der Waals surface area contributed by atoms with Gasteiger partial charge in [0.05, 0.1) is 5.29 Å². The summed E-state index contributed by atoms with van der Waals surface area (Å²) in [6.45, 7) is 0.792. The van der Waals surface area contributed by atoms with E-state index in [1.165, 1.54) is 0 Å². The fourth-order valence-corrected chi connectivity index (χ4v) is 0.603. The third-order valence-electron chi connectivity index (χ3n) is 1.16. The van der Waals surface area contributed by atoms with E-state index in [0.29, 0.717) is 0 Å². The maximum Gasteiger partial charge on any atom is 0.0523 e. The molecule has 0 aliphatic rings. The van der Waals surface area contributed by atoms with Crippen molar-refractivity contribution in [1.82, 2.24) is 5.01 Å². The van der Waals surface area contributed by atoms with E-state index in [-0.39, 0.29) is 26.2 Å². The summed E-state index contributed by atoms with van der Waals surface area (Å²) in [6.07, 6.45) is 0. The van der Waals surface area contributed by atoms with Crippen LogP contribution in [0.1, 0.15) is 0 Å². The second-order valence-electron chi connectivity index (χ2n) is 1.94. The maximum atomic E-state index is 10.1. The summed E-state index contributed by atoms with van der Waals surface area (Å²) >= 11 is 0. The van der Waals surface area contributed by atoms with Crippen LogP contribution in [0.3, 0.4) is 0 Å². The predicted molar refractivity (Wildman–Crippen MR) is 45.4 cm³/mol. The molecule has 0 aliphatic carbocycles. The first-order valence-corrected chi connectivity index (χ1v) is 3.45. The lowest BCUT2D eigenvalue weighted by atomic mass is 10.5. The van der Waals surface area contributed by atoms with Crippen molar-refractivity contribution >= 4 is 0 Å². The Morgan fingerprint density at radius 2 is 1.54 bits per heavy atom. The van der Waals surface area contributed by atoms with Gasteiger partial charge in [-0.15, -0.1) is 4.91 Å². The molecule has 0 unspecified atom stereocenters. The molecule has 0 saturated heterocycles. The van der Waals surface area contributed by atoms with Crippen LogP contribution in [0.5, 0.6) is 0 Å². The van der Waals surface area contributed by atoms with Crippen LogP contribution in [0, 0.1) is 4.91 Å². The van der Waals surface area contributed by atoms with Crippen molar-refractivity contribution in [3.63, 3.8) is 0 Å². The van der Waals surface area contributed by atoms with Gasteiger partial charge in [0.2, 0.25) is 0 Å². The second kappa shape index (κ2) is 8.12. The van der Waals surface area contributed by atoms with Gasteiger partial charge in [0.25, 0.3) is 0 Å². The zero-order chi connectivity index (χ0) is 9.94. The number of rotatable bonds is 7. The molecule has 9 nitrogen and oxygen atoms in total. The van der Waals surface area contributed by atoms with Gasteiger partial charge in [-0.1, -0.05) is 10.2 Å². The number of hydrogen-bond acceptors (Lipinski definition) is 4. The molecule has 0 aromatic heterocycles. The summed E-state index contributed by atoms with van der Waals surface area (Å²) < 4.78 is 0. The van der Waals surface area contributed by atoms with E-state index in [1.54, 1.807) is 0 Å². The zero-order valence-electron chi connectivity index (χ0n) is 6.81. The van der Waals surface area contributed by atoms with Crippen LogP contribution in [0.2, 0.25) is 0 Å². The summed E-state index contributed by atoms with van der Waals surface area (Å²) in [7, 11) is 0. The van der Waals surface area contributed by atoms with Gasteiger partial charge in [0.1, 0.15) is 0 Å². The van der Waals surface area contributed by atoms with Crippen LogP contribution < -0.4 is 0 Å². The molecule has 0 heterocycles. The molecule has 0 amide bonds. The molecule has 0 N–H and O–H groups in total. The van der Waals surface area contributed by atoms with Crippen LogP contribution in [0.25, 0.3) is 20.9 Å². The van der Waals surface area contributed by atoms with E-state index < -0.39 is 0 Å². The van der Waals surface area contributed by atoms with Crippen molar-refractivity contribution in [2.45, 2.75) is 0 Å². The van der Waals surface area contributed by atoms with Crippen LogP contribution in [0.15, 0.2) is 15.5 Å². The Balaban J connectivity index is 3.68. The van der Waals surface area contributed by atoms with Crippen LogP contribution >= 0.6 is 0 Å². The van der Waals surface area contributed by atoms with Gasteiger partial charge in [-0.2, -0.15) is 0 Å². The number of hydrogen-bond donors (Lipinski definition) is 0. The molecule has 0 spiro atoms. The molecular weight excluding hydrogens is 176 g/mol. The Hall–Kier alpha value is -1.98. The Morgan fingerprint density at radius 1 is 1.08 bits per heavy atom. The van der Waals surface area contributed by atoms with Gasteiger partial charge in [-0.05, 0) is 11.1 Å². The third kappa shape index (κ3) is 6.42. The molecule has 13 heavy (non-hydrogen) atoms. The van der Waals surface area contributed by atoms with Gasteiger partial charge in [-0.25, -0.2) is 0 Å². The van der Waals surface area contributed by atoms with Gasteiger partial charge >= 0.3 is 0 Å². The Bertz CT molecular complexity index is 217. The van der Waals surface area contributed by atoms with E-state index in [1.807, 2.05) is 0 Å². The SMILES string of the molecule is [N-]=[N+]=NCCN(CCN=[N+]=[N-])N=O. The minimum atomic E-state index is 0.165. The van der Waals surface area contributed by atoms with Crippen molar-refractivity contribution in [3.05, 3.63) is 25.8 Å². The quantitative estimate of drug-likeness (QED) is 0.195. The van der Waals surface area contributed by atoms with Crippen LogP contribution in [-0.2, 0) is 0 Å². The fourth-order valence-electron chi connectivity index (χ4n) is 0.603. The summed E-state index contributed by atoms with van der Waals surface area (Å²) in [6, 6.07) is 0. The van der Waals surface area contributed by atoms with Crippen molar-refractivity contribution < 1.29 is 0 Å². The van der Waals surface area contributed by atoms with Crippen molar-refractivity contribution in [3.8, 4) is 0 Å². The fraction of sp³-hybridized carbons (Fsp3) is 1.00. The molecule has 0 atom stereocenters. The highest BCUT2D eigenvalue weighted by Gasteiger charge is 1.99. The number of nitrogens with zero attached hydrogens (tertiary/aromatic N) is 8. The molecule has 0 aliphatic heterocycles. The van der Waals surface area contributed by atoms with Crippen molar-refractivity contribution in [1.29, 1.82) is 0 Å². The average molecular weight is 184 g/mol. The molecule has 0 fully saturated rings. The monoisotopic (exact) mass is 184 g/mol. The van der Waals surface area contributed by atoms with Crippen molar-refractivity contribution in [2.24, 2.45) is 15.5 Å². The van der Waals surface area contributed by atoms with E-state index in [0.717, 1.165) is 5.01 Å². The van der Waals surface area contributed by atoms with Crippen LogP contribution in [-0.4, -0.2) is 31.2 Å². The lowest BCUT2D eigenvalue weighted by Crippen LogP contribution is -2.22. The molecule has 9 heteroatoms. The lowest BCUT2D eigenvalue weighted by molar-refractivity contribution is 0.300. The molecule has 0 bridgehead atoms. The minimum absolute atomic E-state index is 0.165. The van der Waals surface area contributed by atoms with Gasteiger partial charge in [0, 0.05) is 36.0 Å². The minimum Gasteiger partial charge on any atom is -0.261 e. The second-order valence-corrected chi connectivity index (χ2v) is 1.94. The highest BCUT2D eigenvalue weighted by Crippen LogP contribution is 1.89. The maximum absolute atomic E-state index is 10.1. The Morgan fingerprint density at radius 3 is 1.85 bits per heavy atom. The highest BCUT2D eigenvalue weighted by atomic mass is 16.3. The Kier molecular flexibility index (Phi) is 6.88. The van der Waals surface area contributed by atoms with Gasteiger partial charge < -0.3 is 0 Å². The van der Waals surface area contributed by atoms with Gasteiger partial charge in [0.15, 0.2) is 0 Å². The molecule has 70 valence electrons. The average Bonchev–Trinajstić information content (AvgIpc) is 2.16. The van der Waals surface area contributed by atoms with Gasteiger partial charge in [-0.3, -0.25) is 5.01 Å². The molecule has 0 aromatic rings. The molecule has 0 saturated carbocycles. The standard InChI is InChI=1S/C4H8N8O/c5-9-7-1-3-12(11-13)4-2-8-10-6/h1-4H2. The van der Waals surface area contributed by atoms with Crippen molar-refractivity contribution in [2.75, 3.05) is 26.2 Å². The summed E-state index contributed by atoms with van der Waals surface area (Å²) in [5.74, 6) is 0. The summed E-state index contributed by atoms with van der Waals surface area (Å²) in [4.78, 5) is 15.1. The third-order valence-corrected chi connectivity index (χ3v) is 1.16. The first kappa shape index (κ1) is 11.0. The number of nitroso groups, excluding NO2 is 1. The molecular formula is C4H8N8O. The molecule has 0 rings (SSSR count). The summed E-state index contributed by atoms with van der Waals surface area (Å²) in [5, 5.41) is 10.2.